The number of rotatable bonds is 6. The van der Waals surface area contributed by atoms with Gasteiger partial charge in [-0.2, -0.15) is 5.26 Å². The number of anilines is 1. The summed E-state index contributed by atoms with van der Waals surface area (Å²) in [7, 11) is 0. The average molecular weight is 275 g/mol. The van der Waals surface area contributed by atoms with Crippen molar-refractivity contribution in [1.29, 1.82) is 5.26 Å². The number of nitro groups is 1. The van der Waals surface area contributed by atoms with Crippen molar-refractivity contribution in [2.24, 2.45) is 0 Å². The molecule has 0 aromatic heterocycles. The Bertz CT molecular complexity index is 547. The van der Waals surface area contributed by atoms with Crippen LogP contribution in [0.5, 0.6) is 0 Å². The lowest BCUT2D eigenvalue weighted by Crippen LogP contribution is -2.27. The second kappa shape index (κ2) is 5.88. The molecule has 0 aliphatic heterocycles. The van der Waals surface area contributed by atoms with Crippen LogP contribution in [0.25, 0.3) is 0 Å². The molecular weight excluding hydrogens is 258 g/mol. The number of aliphatic hydroxyl groups is 1. The monoisotopic (exact) mass is 275 g/mol. The molecule has 6 nitrogen and oxygen atoms in total. The van der Waals surface area contributed by atoms with Crippen molar-refractivity contribution in [2.75, 3.05) is 11.4 Å². The Balaban J connectivity index is 2.37. The first-order valence-corrected chi connectivity index (χ1v) is 6.64. The molecule has 0 amide bonds. The van der Waals surface area contributed by atoms with E-state index in [1.54, 1.807) is 19.1 Å². The highest BCUT2D eigenvalue weighted by Crippen LogP contribution is 2.38. The number of benzene rings is 1. The first-order chi connectivity index (χ1) is 9.54. The molecule has 0 bridgehead atoms. The maximum absolute atomic E-state index is 11.3. The van der Waals surface area contributed by atoms with Crippen LogP contribution in [-0.2, 0) is 0 Å². The van der Waals surface area contributed by atoms with Crippen LogP contribution in [-0.4, -0.2) is 22.6 Å². The second-order valence-electron chi connectivity index (χ2n) is 5.01. The lowest BCUT2D eigenvalue weighted by atomic mass is 10.1. The largest absolute Gasteiger partial charge is 0.389 e. The first-order valence-electron chi connectivity index (χ1n) is 6.64. The van der Waals surface area contributed by atoms with Crippen LogP contribution < -0.4 is 4.90 Å². The molecule has 0 heterocycles. The molecule has 1 aromatic rings. The van der Waals surface area contributed by atoms with Crippen LogP contribution in [0.15, 0.2) is 18.2 Å². The third kappa shape index (κ3) is 3.06. The second-order valence-corrected chi connectivity index (χ2v) is 5.01. The summed E-state index contributed by atoms with van der Waals surface area (Å²) in [4.78, 5) is 12.8. The van der Waals surface area contributed by atoms with E-state index >= 15 is 0 Å². The molecule has 1 aromatic carbocycles. The van der Waals surface area contributed by atoms with Gasteiger partial charge in [-0.15, -0.1) is 0 Å². The first kappa shape index (κ1) is 14.3. The molecule has 0 radical (unpaired) electrons. The van der Waals surface area contributed by atoms with Crippen molar-refractivity contribution < 1.29 is 10.0 Å². The van der Waals surface area contributed by atoms with E-state index in [0.29, 0.717) is 30.3 Å². The number of hydrogen-bond donors (Lipinski definition) is 1. The van der Waals surface area contributed by atoms with Gasteiger partial charge in [-0.1, -0.05) is 6.07 Å². The van der Waals surface area contributed by atoms with Gasteiger partial charge in [-0.25, -0.2) is 0 Å². The van der Waals surface area contributed by atoms with Gasteiger partial charge in [0.1, 0.15) is 5.69 Å². The summed E-state index contributed by atoms with van der Waals surface area (Å²) >= 11 is 0. The van der Waals surface area contributed by atoms with Crippen LogP contribution in [0.2, 0.25) is 0 Å². The molecule has 1 saturated carbocycles. The number of aliphatic hydroxyl groups excluding tert-OH is 1. The Kier molecular flexibility index (Phi) is 4.20. The van der Waals surface area contributed by atoms with E-state index in [4.69, 9.17) is 5.26 Å². The molecule has 0 saturated heterocycles. The fourth-order valence-electron chi connectivity index (χ4n) is 2.25. The van der Waals surface area contributed by atoms with Crippen molar-refractivity contribution in [3.05, 3.63) is 33.9 Å². The van der Waals surface area contributed by atoms with Crippen LogP contribution >= 0.6 is 0 Å². The van der Waals surface area contributed by atoms with E-state index in [9.17, 15) is 15.2 Å². The van der Waals surface area contributed by atoms with Crippen molar-refractivity contribution in [1.82, 2.24) is 0 Å². The Hall–Kier alpha value is -2.13. The summed E-state index contributed by atoms with van der Waals surface area (Å²) < 4.78 is 0. The third-order valence-electron chi connectivity index (χ3n) is 3.44. The number of nitriles is 1. The molecule has 1 fully saturated rings. The minimum absolute atomic E-state index is 0.00626. The van der Waals surface area contributed by atoms with Gasteiger partial charge in [0.05, 0.1) is 23.5 Å². The van der Waals surface area contributed by atoms with E-state index < -0.39 is 11.0 Å². The van der Waals surface area contributed by atoms with Gasteiger partial charge in [0, 0.05) is 18.7 Å². The molecule has 1 unspecified atom stereocenters. The maximum atomic E-state index is 11.3. The smallest absolute Gasteiger partial charge is 0.292 e. The number of hydrogen-bond acceptors (Lipinski definition) is 5. The Morgan fingerprint density at radius 1 is 1.60 bits per heavy atom. The lowest BCUT2D eigenvalue weighted by molar-refractivity contribution is -0.384. The minimum Gasteiger partial charge on any atom is -0.389 e. The standard InChI is InChI=1S/C14H17N3O3/c1-10(18)11-3-6-13(14(9-11)17(19)20)16(8-2-7-15)12-4-5-12/h3,6,9-10,12,18H,2,4-5,8H2,1H3. The van der Waals surface area contributed by atoms with Gasteiger partial charge in [-0.05, 0) is 31.4 Å². The topological polar surface area (TPSA) is 90.4 Å². The predicted molar refractivity (Wildman–Crippen MR) is 74.3 cm³/mol. The maximum Gasteiger partial charge on any atom is 0.292 e. The zero-order chi connectivity index (χ0) is 14.7. The highest BCUT2D eigenvalue weighted by Gasteiger charge is 2.32. The third-order valence-corrected chi connectivity index (χ3v) is 3.44. The van der Waals surface area contributed by atoms with Crippen molar-refractivity contribution in [3.8, 4) is 6.07 Å². The summed E-state index contributed by atoms with van der Waals surface area (Å²) in [6, 6.07) is 7.17. The molecule has 1 aliphatic carbocycles. The van der Waals surface area contributed by atoms with E-state index in [1.165, 1.54) is 6.07 Å². The highest BCUT2D eigenvalue weighted by molar-refractivity contribution is 5.65. The Morgan fingerprint density at radius 3 is 2.80 bits per heavy atom. The van der Waals surface area contributed by atoms with Gasteiger partial charge in [0.25, 0.3) is 5.69 Å². The lowest BCUT2D eigenvalue weighted by Gasteiger charge is -2.23. The van der Waals surface area contributed by atoms with E-state index in [1.807, 2.05) is 4.90 Å². The van der Waals surface area contributed by atoms with Gasteiger partial charge >= 0.3 is 0 Å². The summed E-state index contributed by atoms with van der Waals surface area (Å²) in [6.45, 7) is 2.07. The van der Waals surface area contributed by atoms with Gasteiger partial charge in [0.2, 0.25) is 0 Å². The SMILES string of the molecule is CC(O)c1ccc(N(CCC#N)C2CC2)c([N+](=O)[O-])c1. The summed E-state index contributed by atoms with van der Waals surface area (Å²) in [5.74, 6) is 0. The van der Waals surface area contributed by atoms with Crippen molar-refractivity contribution >= 4 is 11.4 Å². The van der Waals surface area contributed by atoms with Gasteiger partial charge in [-0.3, -0.25) is 10.1 Å². The molecule has 6 heteroatoms. The van der Waals surface area contributed by atoms with E-state index in [0.717, 1.165) is 12.8 Å². The molecule has 1 aliphatic rings. The molecule has 1 N–H and O–H groups in total. The zero-order valence-corrected chi connectivity index (χ0v) is 11.3. The Labute approximate surface area is 117 Å². The van der Waals surface area contributed by atoms with Crippen molar-refractivity contribution in [2.45, 2.75) is 38.3 Å². The number of nitrogens with zero attached hydrogens (tertiary/aromatic N) is 3. The van der Waals surface area contributed by atoms with Crippen molar-refractivity contribution in [3.63, 3.8) is 0 Å². The normalized spacial score (nSPS) is 15.4. The predicted octanol–water partition coefficient (Wildman–Crippen LogP) is 2.53. The Morgan fingerprint density at radius 2 is 2.30 bits per heavy atom. The summed E-state index contributed by atoms with van der Waals surface area (Å²) in [5.41, 5.74) is 1.06. The molecule has 20 heavy (non-hydrogen) atoms. The minimum atomic E-state index is -0.740. The fourth-order valence-corrected chi connectivity index (χ4v) is 2.25. The summed E-state index contributed by atoms with van der Waals surface area (Å²) in [6.07, 6.45) is 1.60. The molecule has 0 spiro atoms. The van der Waals surface area contributed by atoms with Gasteiger partial charge in [0.15, 0.2) is 0 Å². The molecule has 106 valence electrons. The van der Waals surface area contributed by atoms with Crippen LogP contribution in [0.1, 0.15) is 37.9 Å². The number of nitro benzene ring substituents is 1. The fraction of sp³-hybridized carbons (Fsp3) is 0.500. The quantitative estimate of drug-likeness (QED) is 0.636. The molecule has 1 atom stereocenters. The molecular formula is C14H17N3O3. The van der Waals surface area contributed by atoms with E-state index in [-0.39, 0.29) is 5.69 Å². The van der Waals surface area contributed by atoms with E-state index in [2.05, 4.69) is 6.07 Å². The average Bonchev–Trinajstić information content (AvgIpc) is 3.23. The summed E-state index contributed by atoms with van der Waals surface area (Å²) in [5, 5.41) is 29.5. The molecule has 2 rings (SSSR count). The van der Waals surface area contributed by atoms with Crippen LogP contribution in [0, 0.1) is 21.4 Å². The zero-order valence-electron chi connectivity index (χ0n) is 11.3. The highest BCUT2D eigenvalue weighted by atomic mass is 16.6. The van der Waals surface area contributed by atoms with Gasteiger partial charge < -0.3 is 10.0 Å². The van der Waals surface area contributed by atoms with Crippen LogP contribution in [0.4, 0.5) is 11.4 Å². The van der Waals surface area contributed by atoms with Crippen LogP contribution in [0.3, 0.4) is 0 Å².